The number of carbonyl (C=O) groups excluding carboxylic acids is 1. The number of amides is 1. The number of hydrogen-bond acceptors (Lipinski definition) is 6. The molecule has 1 aliphatic carbocycles. The normalized spacial score (nSPS) is 17.6. The minimum atomic E-state index is 0.0343. The summed E-state index contributed by atoms with van der Waals surface area (Å²) in [5, 5.41) is 14.9. The van der Waals surface area contributed by atoms with Gasteiger partial charge in [0.15, 0.2) is 0 Å². The molecule has 192 valence electrons. The van der Waals surface area contributed by atoms with Crippen molar-refractivity contribution in [3.63, 3.8) is 0 Å². The zero-order valence-corrected chi connectivity index (χ0v) is 21.9. The van der Waals surface area contributed by atoms with Crippen LogP contribution in [0.15, 0.2) is 42.7 Å². The first kappa shape index (κ1) is 25.0. The van der Waals surface area contributed by atoms with Crippen LogP contribution in [0.25, 0.3) is 11.1 Å². The van der Waals surface area contributed by atoms with E-state index in [1.54, 1.807) is 7.11 Å². The number of aromatic nitrogens is 3. The Labute approximate surface area is 218 Å². The Morgan fingerprint density at radius 1 is 1.22 bits per heavy atom. The van der Waals surface area contributed by atoms with Gasteiger partial charge in [0.25, 0.3) is 0 Å². The largest absolute Gasteiger partial charge is 0.384 e. The number of benzene rings is 1. The van der Waals surface area contributed by atoms with Crippen LogP contribution in [-0.2, 0) is 16.1 Å². The van der Waals surface area contributed by atoms with Crippen LogP contribution in [0.4, 0.5) is 5.82 Å². The number of pyridine rings is 1. The summed E-state index contributed by atoms with van der Waals surface area (Å²) in [7, 11) is 1.61. The molecule has 1 aromatic carbocycles. The molecule has 2 fully saturated rings. The van der Waals surface area contributed by atoms with E-state index >= 15 is 0 Å². The maximum Gasteiger partial charge on any atom is 0.225 e. The lowest BCUT2D eigenvalue weighted by atomic mass is 9.95. The highest BCUT2D eigenvalue weighted by Crippen LogP contribution is 2.46. The third kappa shape index (κ3) is 5.23. The van der Waals surface area contributed by atoms with Crippen molar-refractivity contribution in [3.8, 4) is 17.2 Å². The summed E-state index contributed by atoms with van der Waals surface area (Å²) in [5.41, 5.74) is 5.88. The number of anilines is 1. The molecule has 8 nitrogen and oxygen atoms in total. The Morgan fingerprint density at radius 2 is 2.00 bits per heavy atom. The Balaban J connectivity index is 1.44. The fourth-order valence-electron chi connectivity index (χ4n) is 5.29. The molecule has 0 spiro atoms. The third-order valence-electron chi connectivity index (χ3n) is 7.41. The molecule has 1 saturated heterocycles. The van der Waals surface area contributed by atoms with Crippen LogP contribution in [0.1, 0.15) is 54.5 Å². The maximum absolute atomic E-state index is 12.6. The molecule has 0 radical (unpaired) electrons. The fourth-order valence-corrected chi connectivity index (χ4v) is 5.29. The van der Waals surface area contributed by atoms with Gasteiger partial charge in [-0.1, -0.05) is 30.3 Å². The number of methoxy groups -OCH3 is 1. The predicted octanol–water partition coefficient (Wildman–Crippen LogP) is 4.12. The van der Waals surface area contributed by atoms with Gasteiger partial charge in [0.1, 0.15) is 11.9 Å². The van der Waals surface area contributed by atoms with E-state index in [4.69, 9.17) is 9.72 Å². The van der Waals surface area contributed by atoms with Gasteiger partial charge in [-0.25, -0.2) is 4.98 Å². The average Bonchev–Trinajstić information content (AvgIpc) is 3.66. The van der Waals surface area contributed by atoms with Gasteiger partial charge in [0.05, 0.1) is 37.0 Å². The number of carbonyl (C=O) groups is 1. The molecule has 0 N–H and O–H groups in total. The molecular formula is C29H34N6O2. The minimum absolute atomic E-state index is 0.0343. The summed E-state index contributed by atoms with van der Waals surface area (Å²) in [6.45, 7) is 7.14. The van der Waals surface area contributed by atoms with Crippen LogP contribution in [-0.4, -0.2) is 65.0 Å². The summed E-state index contributed by atoms with van der Waals surface area (Å²) in [4.78, 5) is 21.9. The van der Waals surface area contributed by atoms with E-state index in [2.05, 4.69) is 41.3 Å². The first-order valence-electron chi connectivity index (χ1n) is 13.0. The highest BCUT2D eigenvalue weighted by atomic mass is 16.5. The molecule has 2 aromatic heterocycles. The van der Waals surface area contributed by atoms with Gasteiger partial charge >= 0.3 is 0 Å². The monoisotopic (exact) mass is 498 g/mol. The van der Waals surface area contributed by atoms with Crippen LogP contribution in [0, 0.1) is 18.3 Å². The first-order valence-corrected chi connectivity index (χ1v) is 13.0. The molecule has 3 aromatic rings. The number of hydrogen-bond donors (Lipinski definition) is 0. The van der Waals surface area contributed by atoms with Crippen molar-refractivity contribution in [2.45, 2.75) is 51.6 Å². The van der Waals surface area contributed by atoms with Crippen molar-refractivity contribution in [1.29, 1.82) is 5.26 Å². The van der Waals surface area contributed by atoms with Gasteiger partial charge in [-0.3, -0.25) is 9.48 Å². The maximum atomic E-state index is 12.6. The zero-order chi connectivity index (χ0) is 25.9. The van der Waals surface area contributed by atoms with Gasteiger partial charge in [-0.2, -0.15) is 10.4 Å². The van der Waals surface area contributed by atoms with Crippen LogP contribution in [0.2, 0.25) is 0 Å². The van der Waals surface area contributed by atoms with Crippen molar-refractivity contribution in [2.75, 3.05) is 38.3 Å². The number of nitrogens with zero attached hydrogens (tertiary/aromatic N) is 6. The smallest absolute Gasteiger partial charge is 0.225 e. The molecule has 1 amide bonds. The van der Waals surface area contributed by atoms with Crippen molar-refractivity contribution >= 4 is 11.7 Å². The summed E-state index contributed by atoms with van der Waals surface area (Å²) in [6.07, 6.45) is 6.57. The van der Waals surface area contributed by atoms with Gasteiger partial charge in [0, 0.05) is 56.0 Å². The topological polar surface area (TPSA) is 87.3 Å². The van der Waals surface area contributed by atoms with Gasteiger partial charge in [0.2, 0.25) is 5.91 Å². The standard InChI is InChI=1S/C29H34N6O2/c1-20-17-33(12-13-35(20)26(36)11-14-37-3)29-25(15-30)21(2)27(28(32-29)23-9-10-23)24-16-31-34(19-24)18-22-7-5-4-6-8-22/h4-8,16,19-20,23H,9-14,17-18H2,1-3H3/t20-/m1/s1. The number of ether oxygens (including phenoxy) is 1. The van der Waals surface area contributed by atoms with Crippen LogP contribution < -0.4 is 4.90 Å². The van der Waals surface area contributed by atoms with Crippen LogP contribution >= 0.6 is 0 Å². The molecule has 3 heterocycles. The second kappa shape index (κ2) is 10.7. The Bertz CT molecular complexity index is 1310. The van der Waals surface area contributed by atoms with E-state index in [9.17, 15) is 10.1 Å². The lowest BCUT2D eigenvalue weighted by molar-refractivity contribution is -0.134. The Hall–Kier alpha value is -3.70. The molecular weight excluding hydrogens is 464 g/mol. The number of rotatable bonds is 8. The lowest BCUT2D eigenvalue weighted by Crippen LogP contribution is -2.54. The van der Waals surface area contributed by atoms with Crippen LogP contribution in [0.3, 0.4) is 0 Å². The second-order valence-corrected chi connectivity index (χ2v) is 10.1. The van der Waals surface area contributed by atoms with Crippen molar-refractivity contribution < 1.29 is 9.53 Å². The average molecular weight is 499 g/mol. The molecule has 2 aliphatic rings. The quantitative estimate of drug-likeness (QED) is 0.464. The van der Waals surface area contributed by atoms with Gasteiger partial charge in [-0.15, -0.1) is 0 Å². The number of piperazine rings is 1. The van der Waals surface area contributed by atoms with Crippen molar-refractivity contribution in [2.24, 2.45) is 0 Å². The molecule has 37 heavy (non-hydrogen) atoms. The summed E-state index contributed by atoms with van der Waals surface area (Å²) in [6, 6.07) is 12.8. The molecule has 0 unspecified atom stereocenters. The van der Waals surface area contributed by atoms with Crippen molar-refractivity contribution in [1.82, 2.24) is 19.7 Å². The molecule has 1 saturated carbocycles. The minimum Gasteiger partial charge on any atom is -0.384 e. The van der Waals surface area contributed by atoms with E-state index < -0.39 is 0 Å². The fraction of sp³-hybridized carbons (Fsp3) is 0.448. The van der Waals surface area contributed by atoms with Gasteiger partial charge < -0.3 is 14.5 Å². The third-order valence-corrected chi connectivity index (χ3v) is 7.41. The van der Waals surface area contributed by atoms with E-state index in [0.29, 0.717) is 50.7 Å². The second-order valence-electron chi connectivity index (χ2n) is 10.1. The summed E-state index contributed by atoms with van der Waals surface area (Å²) in [5.74, 6) is 1.27. The van der Waals surface area contributed by atoms with Crippen LogP contribution in [0.5, 0.6) is 0 Å². The highest BCUT2D eigenvalue weighted by molar-refractivity contribution is 5.78. The SMILES string of the molecule is COCCC(=O)N1CCN(c2nc(C3CC3)c(-c3cnn(Cc4ccccc4)c3)c(C)c2C#N)C[C@H]1C. The molecule has 5 rings (SSSR count). The lowest BCUT2D eigenvalue weighted by Gasteiger charge is -2.41. The first-order chi connectivity index (χ1) is 18.0. The van der Waals surface area contributed by atoms with E-state index in [0.717, 1.165) is 41.0 Å². The molecule has 1 atom stereocenters. The Morgan fingerprint density at radius 3 is 2.68 bits per heavy atom. The predicted molar refractivity (Wildman–Crippen MR) is 142 cm³/mol. The summed E-state index contributed by atoms with van der Waals surface area (Å²) < 4.78 is 7.03. The Kier molecular flexibility index (Phi) is 7.24. The van der Waals surface area contributed by atoms with E-state index in [1.165, 1.54) is 5.56 Å². The van der Waals surface area contributed by atoms with Crippen molar-refractivity contribution in [3.05, 3.63) is 65.1 Å². The zero-order valence-electron chi connectivity index (χ0n) is 21.9. The summed E-state index contributed by atoms with van der Waals surface area (Å²) >= 11 is 0. The molecule has 0 bridgehead atoms. The van der Waals surface area contributed by atoms with E-state index in [-0.39, 0.29) is 11.9 Å². The molecule has 8 heteroatoms. The highest BCUT2D eigenvalue weighted by Gasteiger charge is 2.34. The molecule has 1 aliphatic heterocycles. The van der Waals surface area contributed by atoms with E-state index in [1.807, 2.05) is 40.9 Å². The van der Waals surface area contributed by atoms with Gasteiger partial charge in [-0.05, 0) is 37.8 Å². The number of nitriles is 1.